The molecule has 0 spiro atoms. The van der Waals surface area contributed by atoms with Crippen molar-refractivity contribution in [1.29, 1.82) is 5.26 Å². The van der Waals surface area contributed by atoms with Crippen molar-refractivity contribution in [2.24, 2.45) is 0 Å². The first kappa shape index (κ1) is 14.5. The molecule has 0 bridgehead atoms. The summed E-state index contributed by atoms with van der Waals surface area (Å²) in [6, 6.07) is 10.0. The smallest absolute Gasteiger partial charge is 0.312 e. The Morgan fingerprint density at radius 2 is 2.10 bits per heavy atom. The van der Waals surface area contributed by atoms with Gasteiger partial charge in [0, 0.05) is 6.07 Å². The van der Waals surface area contributed by atoms with Crippen molar-refractivity contribution in [2.45, 2.75) is 13.5 Å². The van der Waals surface area contributed by atoms with E-state index in [1.54, 1.807) is 13.0 Å². The van der Waals surface area contributed by atoms with Gasteiger partial charge in [0.2, 0.25) is 0 Å². The van der Waals surface area contributed by atoms with Crippen LogP contribution in [0.2, 0.25) is 0 Å². The van der Waals surface area contributed by atoms with Gasteiger partial charge in [0.25, 0.3) is 0 Å². The first-order valence-electron chi connectivity index (χ1n) is 6.07. The lowest BCUT2D eigenvalue weighted by atomic mass is 10.1. The molecule has 21 heavy (non-hydrogen) atoms. The first-order chi connectivity index (χ1) is 10.0. The number of hydrogen-bond donors (Lipinski definition) is 0. The predicted molar refractivity (Wildman–Crippen MR) is 73.3 cm³/mol. The van der Waals surface area contributed by atoms with Gasteiger partial charge in [-0.25, -0.2) is 4.39 Å². The molecular weight excluding hydrogens is 275 g/mol. The van der Waals surface area contributed by atoms with Gasteiger partial charge in [0.1, 0.15) is 12.4 Å². The van der Waals surface area contributed by atoms with E-state index in [1.165, 1.54) is 24.3 Å². The quantitative estimate of drug-likeness (QED) is 0.636. The maximum Gasteiger partial charge on any atom is 0.312 e. The summed E-state index contributed by atoms with van der Waals surface area (Å²) in [7, 11) is 0. The molecule has 2 aromatic rings. The molecule has 0 radical (unpaired) electrons. The van der Waals surface area contributed by atoms with Crippen molar-refractivity contribution in [3.63, 3.8) is 0 Å². The van der Waals surface area contributed by atoms with Crippen molar-refractivity contribution in [2.75, 3.05) is 0 Å². The summed E-state index contributed by atoms with van der Waals surface area (Å²) in [5.41, 5.74) is 1.32. The number of halogens is 1. The third-order valence-corrected chi connectivity index (χ3v) is 2.98. The van der Waals surface area contributed by atoms with Crippen molar-refractivity contribution >= 4 is 5.69 Å². The van der Waals surface area contributed by atoms with Crippen molar-refractivity contribution < 1.29 is 14.1 Å². The molecule has 0 N–H and O–H groups in total. The topological polar surface area (TPSA) is 76.2 Å². The molecule has 6 heteroatoms. The average molecular weight is 286 g/mol. The SMILES string of the molecule is Cc1ccc(F)cc1COc1ccc(C#N)cc1[N+](=O)[O-]. The lowest BCUT2D eigenvalue weighted by molar-refractivity contribution is -0.386. The van der Waals surface area contributed by atoms with Crippen molar-refractivity contribution in [3.8, 4) is 11.8 Å². The standard InChI is InChI=1S/C15H11FN2O3/c1-10-2-4-13(16)7-12(10)9-21-15-5-3-11(8-17)6-14(15)18(19)20/h2-7H,9H2,1H3. The predicted octanol–water partition coefficient (Wildman–Crippen LogP) is 3.49. The molecule has 0 aromatic heterocycles. The monoisotopic (exact) mass is 286 g/mol. The van der Waals surface area contributed by atoms with Gasteiger partial charge in [-0.05, 0) is 42.3 Å². The second kappa shape index (κ2) is 6.01. The lowest BCUT2D eigenvalue weighted by Gasteiger charge is -2.09. The van der Waals surface area contributed by atoms with E-state index in [4.69, 9.17) is 10.00 Å². The second-order valence-corrected chi connectivity index (χ2v) is 4.41. The van der Waals surface area contributed by atoms with Gasteiger partial charge in [-0.2, -0.15) is 5.26 Å². The van der Waals surface area contributed by atoms with Gasteiger partial charge in [0.15, 0.2) is 5.75 Å². The molecule has 0 aliphatic rings. The van der Waals surface area contributed by atoms with Gasteiger partial charge in [-0.1, -0.05) is 6.07 Å². The maximum atomic E-state index is 13.2. The number of rotatable bonds is 4. The largest absolute Gasteiger partial charge is 0.482 e. The van der Waals surface area contributed by atoms with Gasteiger partial charge >= 0.3 is 5.69 Å². The highest BCUT2D eigenvalue weighted by Gasteiger charge is 2.16. The number of aryl methyl sites for hydroxylation is 1. The van der Waals surface area contributed by atoms with E-state index in [1.807, 2.05) is 6.07 Å². The first-order valence-corrected chi connectivity index (χ1v) is 6.07. The molecule has 0 atom stereocenters. The Morgan fingerprint density at radius 1 is 1.33 bits per heavy atom. The molecule has 0 amide bonds. The molecule has 5 nitrogen and oxygen atoms in total. The highest BCUT2D eigenvalue weighted by Crippen LogP contribution is 2.28. The minimum atomic E-state index is -0.616. The van der Waals surface area contributed by atoms with E-state index < -0.39 is 10.7 Å². The van der Waals surface area contributed by atoms with E-state index in [2.05, 4.69) is 0 Å². The van der Waals surface area contributed by atoms with E-state index in [0.717, 1.165) is 11.6 Å². The molecule has 0 aliphatic carbocycles. The van der Waals surface area contributed by atoms with Crippen LogP contribution < -0.4 is 4.74 Å². The molecule has 0 saturated heterocycles. The van der Waals surface area contributed by atoms with Gasteiger partial charge in [-0.3, -0.25) is 10.1 Å². The van der Waals surface area contributed by atoms with Crippen LogP contribution in [-0.2, 0) is 6.61 Å². The molecule has 2 rings (SSSR count). The highest BCUT2D eigenvalue weighted by molar-refractivity contribution is 5.51. The number of hydrogen-bond acceptors (Lipinski definition) is 4. The molecule has 0 heterocycles. The maximum absolute atomic E-state index is 13.2. The fourth-order valence-corrected chi connectivity index (χ4v) is 1.80. The van der Waals surface area contributed by atoms with Crippen molar-refractivity contribution in [3.05, 3.63) is 69.0 Å². The Labute approximate surface area is 120 Å². The lowest BCUT2D eigenvalue weighted by Crippen LogP contribution is -2.01. The van der Waals surface area contributed by atoms with Crippen LogP contribution >= 0.6 is 0 Å². The van der Waals surface area contributed by atoms with Gasteiger partial charge in [-0.15, -0.1) is 0 Å². The summed E-state index contributed by atoms with van der Waals surface area (Å²) in [5, 5.41) is 19.7. The molecule has 0 aliphatic heterocycles. The van der Waals surface area contributed by atoms with E-state index >= 15 is 0 Å². The number of ether oxygens (including phenoxy) is 1. The molecule has 0 fully saturated rings. The summed E-state index contributed by atoms with van der Waals surface area (Å²) in [4.78, 5) is 10.4. The van der Waals surface area contributed by atoms with Crippen LogP contribution in [0.1, 0.15) is 16.7 Å². The number of nitrogens with zero attached hydrogens (tertiary/aromatic N) is 2. The Kier molecular flexibility index (Phi) is 4.14. The third-order valence-electron chi connectivity index (χ3n) is 2.98. The summed E-state index contributed by atoms with van der Waals surface area (Å²) < 4.78 is 18.6. The zero-order valence-electron chi connectivity index (χ0n) is 11.2. The Morgan fingerprint density at radius 3 is 2.76 bits per heavy atom. The Bertz CT molecular complexity index is 738. The molecule has 0 unspecified atom stereocenters. The van der Waals surface area contributed by atoms with Crippen molar-refractivity contribution in [1.82, 2.24) is 0 Å². The summed E-state index contributed by atoms with van der Waals surface area (Å²) in [6.45, 7) is 1.81. The van der Waals surface area contributed by atoms with Crippen LogP contribution in [0.15, 0.2) is 36.4 Å². The van der Waals surface area contributed by atoms with Crippen LogP contribution in [-0.4, -0.2) is 4.92 Å². The minimum absolute atomic E-state index is 0.0103. The van der Waals surface area contributed by atoms with Crippen LogP contribution in [0.4, 0.5) is 10.1 Å². The normalized spacial score (nSPS) is 9.95. The third kappa shape index (κ3) is 3.34. The zero-order chi connectivity index (χ0) is 15.4. The van der Waals surface area contributed by atoms with Gasteiger partial charge in [0.05, 0.1) is 16.6 Å². The summed E-state index contributed by atoms with van der Waals surface area (Å²) in [6.07, 6.45) is 0. The molecule has 0 saturated carbocycles. The Balaban J connectivity index is 2.26. The number of benzene rings is 2. The second-order valence-electron chi connectivity index (χ2n) is 4.41. The van der Waals surface area contributed by atoms with E-state index in [0.29, 0.717) is 5.56 Å². The van der Waals surface area contributed by atoms with Crippen LogP contribution in [0, 0.1) is 34.2 Å². The summed E-state index contributed by atoms with van der Waals surface area (Å²) in [5.74, 6) is -0.351. The highest BCUT2D eigenvalue weighted by atomic mass is 19.1. The average Bonchev–Trinajstić information content (AvgIpc) is 2.48. The number of nitriles is 1. The van der Waals surface area contributed by atoms with E-state index in [-0.39, 0.29) is 23.6 Å². The zero-order valence-corrected chi connectivity index (χ0v) is 11.2. The summed E-state index contributed by atoms with van der Waals surface area (Å²) >= 11 is 0. The number of nitro benzene ring substituents is 1. The fourth-order valence-electron chi connectivity index (χ4n) is 1.80. The Hall–Kier alpha value is -2.94. The van der Waals surface area contributed by atoms with E-state index in [9.17, 15) is 14.5 Å². The fraction of sp³-hybridized carbons (Fsp3) is 0.133. The molecular formula is C15H11FN2O3. The van der Waals surface area contributed by atoms with Crippen LogP contribution in [0.3, 0.4) is 0 Å². The molecule has 106 valence electrons. The number of nitro groups is 1. The van der Waals surface area contributed by atoms with Crippen LogP contribution in [0.5, 0.6) is 5.75 Å². The van der Waals surface area contributed by atoms with Gasteiger partial charge < -0.3 is 4.74 Å². The molecule has 2 aromatic carbocycles. The van der Waals surface area contributed by atoms with Crippen LogP contribution in [0.25, 0.3) is 0 Å². The minimum Gasteiger partial charge on any atom is -0.482 e.